The van der Waals surface area contributed by atoms with Gasteiger partial charge in [-0.25, -0.2) is 0 Å². The van der Waals surface area contributed by atoms with E-state index in [0.717, 1.165) is 44.7 Å². The number of ether oxygens (including phenoxy) is 1. The van der Waals surface area contributed by atoms with Gasteiger partial charge >= 0.3 is 0 Å². The normalized spacial score (nSPS) is 24.5. The predicted molar refractivity (Wildman–Crippen MR) is 87.1 cm³/mol. The van der Waals surface area contributed by atoms with Gasteiger partial charge in [0.2, 0.25) is 5.91 Å². The highest BCUT2D eigenvalue weighted by Gasteiger charge is 2.29. The Morgan fingerprint density at radius 1 is 1.41 bits per heavy atom. The summed E-state index contributed by atoms with van der Waals surface area (Å²) < 4.78 is 5.95. The lowest BCUT2D eigenvalue weighted by Crippen LogP contribution is -2.37. The average molecular weight is 302 g/mol. The fourth-order valence-corrected chi connectivity index (χ4v) is 3.57. The zero-order chi connectivity index (χ0) is 15.5. The van der Waals surface area contributed by atoms with E-state index < -0.39 is 0 Å². The number of carbonyl (C=O) groups is 1. The SMILES string of the molecule is CCC(=O)N1CC[C@@H](N[C@@H]2CCCOc3c(C)cccc32)C1. The van der Waals surface area contributed by atoms with Gasteiger partial charge < -0.3 is 15.0 Å². The Hall–Kier alpha value is -1.55. The maximum absolute atomic E-state index is 11.8. The van der Waals surface area contributed by atoms with Gasteiger partial charge in [0.05, 0.1) is 6.61 Å². The molecule has 1 saturated heterocycles. The summed E-state index contributed by atoms with van der Waals surface area (Å²) in [6.45, 7) is 6.56. The Bertz CT molecular complexity index is 544. The van der Waals surface area contributed by atoms with E-state index in [1.54, 1.807) is 0 Å². The molecule has 22 heavy (non-hydrogen) atoms. The van der Waals surface area contributed by atoms with Crippen LogP contribution in [-0.4, -0.2) is 36.5 Å². The third-order valence-electron chi connectivity index (χ3n) is 4.78. The van der Waals surface area contributed by atoms with Crippen LogP contribution >= 0.6 is 0 Å². The Morgan fingerprint density at radius 3 is 3.09 bits per heavy atom. The van der Waals surface area contributed by atoms with Crippen LogP contribution in [0.1, 0.15) is 49.8 Å². The Labute approximate surface area is 132 Å². The molecular weight excluding hydrogens is 276 g/mol. The molecule has 0 saturated carbocycles. The highest BCUT2D eigenvalue weighted by atomic mass is 16.5. The number of likely N-dealkylation sites (tertiary alicyclic amines) is 1. The van der Waals surface area contributed by atoms with Gasteiger partial charge in [0.25, 0.3) is 0 Å². The number of carbonyl (C=O) groups excluding carboxylic acids is 1. The van der Waals surface area contributed by atoms with Crippen LogP contribution in [0.3, 0.4) is 0 Å². The molecule has 4 nitrogen and oxygen atoms in total. The average Bonchev–Trinajstić information content (AvgIpc) is 2.89. The largest absolute Gasteiger partial charge is 0.493 e. The maximum Gasteiger partial charge on any atom is 0.222 e. The van der Waals surface area contributed by atoms with Crippen LogP contribution in [0.15, 0.2) is 18.2 Å². The first-order chi connectivity index (χ1) is 10.7. The number of rotatable bonds is 3. The highest BCUT2D eigenvalue weighted by Crippen LogP contribution is 2.34. The third-order valence-corrected chi connectivity index (χ3v) is 4.78. The second-order valence-corrected chi connectivity index (χ2v) is 6.38. The molecular formula is C18H26N2O2. The standard InChI is InChI=1S/C18H26N2O2/c1-3-17(21)20-10-9-14(12-20)19-16-8-5-11-22-18-13(2)6-4-7-15(16)18/h4,6-7,14,16,19H,3,5,8-12H2,1-2H3/t14-,16-/m1/s1. The van der Waals surface area contributed by atoms with Gasteiger partial charge in [-0.3, -0.25) is 4.79 Å². The second kappa shape index (κ2) is 6.69. The Morgan fingerprint density at radius 2 is 2.27 bits per heavy atom. The fourth-order valence-electron chi connectivity index (χ4n) is 3.57. The van der Waals surface area contributed by atoms with Gasteiger partial charge in [0.1, 0.15) is 5.75 Å². The first kappa shape index (κ1) is 15.3. The van der Waals surface area contributed by atoms with E-state index in [1.807, 2.05) is 11.8 Å². The van der Waals surface area contributed by atoms with Crippen LogP contribution in [0, 0.1) is 6.92 Å². The van der Waals surface area contributed by atoms with E-state index in [1.165, 1.54) is 11.1 Å². The van der Waals surface area contributed by atoms with Crippen molar-refractivity contribution in [1.29, 1.82) is 0 Å². The lowest BCUT2D eigenvalue weighted by Gasteiger charge is -2.24. The molecule has 2 heterocycles. The van der Waals surface area contributed by atoms with E-state index in [-0.39, 0.29) is 5.91 Å². The van der Waals surface area contributed by atoms with Crippen molar-refractivity contribution in [2.24, 2.45) is 0 Å². The van der Waals surface area contributed by atoms with E-state index in [9.17, 15) is 4.79 Å². The van der Waals surface area contributed by atoms with Crippen molar-refractivity contribution in [3.63, 3.8) is 0 Å². The molecule has 2 aliphatic heterocycles. The summed E-state index contributed by atoms with van der Waals surface area (Å²) in [5, 5.41) is 3.78. The maximum atomic E-state index is 11.8. The molecule has 1 aromatic carbocycles. The number of amides is 1. The fraction of sp³-hybridized carbons (Fsp3) is 0.611. The molecule has 3 rings (SSSR count). The minimum Gasteiger partial charge on any atom is -0.493 e. The second-order valence-electron chi connectivity index (χ2n) is 6.38. The number of hydrogen-bond acceptors (Lipinski definition) is 3. The van der Waals surface area contributed by atoms with Gasteiger partial charge in [0.15, 0.2) is 0 Å². The third kappa shape index (κ3) is 3.12. The van der Waals surface area contributed by atoms with Gasteiger partial charge in [-0.15, -0.1) is 0 Å². The molecule has 1 N–H and O–H groups in total. The van der Waals surface area contributed by atoms with Crippen LogP contribution in [0.25, 0.3) is 0 Å². The molecule has 1 amide bonds. The van der Waals surface area contributed by atoms with Crippen LogP contribution < -0.4 is 10.1 Å². The Kier molecular flexibility index (Phi) is 4.67. The molecule has 1 fully saturated rings. The van der Waals surface area contributed by atoms with Crippen molar-refractivity contribution in [2.75, 3.05) is 19.7 Å². The van der Waals surface area contributed by atoms with E-state index >= 15 is 0 Å². The van der Waals surface area contributed by atoms with Crippen LogP contribution in [0.2, 0.25) is 0 Å². The summed E-state index contributed by atoms with van der Waals surface area (Å²) in [6.07, 6.45) is 3.81. The first-order valence-corrected chi connectivity index (χ1v) is 8.45. The summed E-state index contributed by atoms with van der Waals surface area (Å²) >= 11 is 0. The van der Waals surface area contributed by atoms with Crippen molar-refractivity contribution >= 4 is 5.91 Å². The molecule has 2 aliphatic rings. The summed E-state index contributed by atoms with van der Waals surface area (Å²) in [5.41, 5.74) is 2.48. The molecule has 0 unspecified atom stereocenters. The number of nitrogens with one attached hydrogen (secondary N) is 1. The number of para-hydroxylation sites is 1. The number of hydrogen-bond donors (Lipinski definition) is 1. The van der Waals surface area contributed by atoms with Gasteiger partial charge in [0, 0.05) is 37.2 Å². The lowest BCUT2D eigenvalue weighted by molar-refractivity contribution is -0.129. The topological polar surface area (TPSA) is 41.6 Å². The molecule has 0 bridgehead atoms. The van der Waals surface area contributed by atoms with Crippen molar-refractivity contribution in [1.82, 2.24) is 10.2 Å². The monoisotopic (exact) mass is 302 g/mol. The lowest BCUT2D eigenvalue weighted by atomic mass is 9.99. The summed E-state index contributed by atoms with van der Waals surface area (Å²) in [5.74, 6) is 1.32. The van der Waals surface area contributed by atoms with Crippen LogP contribution in [-0.2, 0) is 4.79 Å². The number of benzene rings is 1. The molecule has 0 aliphatic carbocycles. The molecule has 0 aromatic heterocycles. The number of aryl methyl sites for hydroxylation is 1. The zero-order valence-electron chi connectivity index (χ0n) is 13.6. The molecule has 120 valence electrons. The smallest absolute Gasteiger partial charge is 0.222 e. The predicted octanol–water partition coefficient (Wildman–Crippen LogP) is 2.81. The van der Waals surface area contributed by atoms with Crippen molar-refractivity contribution in [2.45, 2.75) is 51.6 Å². The van der Waals surface area contributed by atoms with E-state index in [2.05, 4.69) is 30.4 Å². The van der Waals surface area contributed by atoms with E-state index in [0.29, 0.717) is 18.5 Å². The first-order valence-electron chi connectivity index (χ1n) is 8.45. The quantitative estimate of drug-likeness (QED) is 0.933. The summed E-state index contributed by atoms with van der Waals surface area (Å²) in [4.78, 5) is 13.8. The van der Waals surface area contributed by atoms with Gasteiger partial charge in [-0.1, -0.05) is 25.1 Å². The van der Waals surface area contributed by atoms with Crippen molar-refractivity contribution in [3.05, 3.63) is 29.3 Å². The molecule has 0 spiro atoms. The van der Waals surface area contributed by atoms with Crippen LogP contribution in [0.4, 0.5) is 0 Å². The van der Waals surface area contributed by atoms with Crippen molar-refractivity contribution in [3.8, 4) is 5.75 Å². The molecule has 1 aromatic rings. The highest BCUT2D eigenvalue weighted by molar-refractivity contribution is 5.76. The minimum absolute atomic E-state index is 0.268. The van der Waals surface area contributed by atoms with Crippen LogP contribution in [0.5, 0.6) is 5.75 Å². The zero-order valence-corrected chi connectivity index (χ0v) is 13.6. The Balaban J connectivity index is 1.71. The molecule has 2 atom stereocenters. The molecule has 0 radical (unpaired) electrons. The number of fused-ring (bicyclic) bond motifs is 1. The van der Waals surface area contributed by atoms with Gasteiger partial charge in [-0.05, 0) is 31.7 Å². The van der Waals surface area contributed by atoms with E-state index in [4.69, 9.17) is 4.74 Å². The van der Waals surface area contributed by atoms with Crippen molar-refractivity contribution < 1.29 is 9.53 Å². The van der Waals surface area contributed by atoms with Gasteiger partial charge in [-0.2, -0.15) is 0 Å². The minimum atomic E-state index is 0.268. The summed E-state index contributed by atoms with van der Waals surface area (Å²) in [7, 11) is 0. The number of nitrogens with zero attached hydrogens (tertiary/aromatic N) is 1. The summed E-state index contributed by atoms with van der Waals surface area (Å²) in [6, 6.07) is 7.12. The molecule has 4 heteroatoms.